The second kappa shape index (κ2) is 5.59. The van der Waals surface area contributed by atoms with Crippen LogP contribution in [0.2, 0.25) is 5.02 Å². The van der Waals surface area contributed by atoms with Gasteiger partial charge in [0.1, 0.15) is 5.03 Å². The summed E-state index contributed by atoms with van der Waals surface area (Å²) >= 11 is 11.9. The molecule has 3 nitrogen and oxygen atoms in total. The molecule has 110 valence electrons. The lowest BCUT2D eigenvalue weighted by atomic mass is 10.0. The van der Waals surface area contributed by atoms with E-state index in [9.17, 15) is 9.59 Å². The van der Waals surface area contributed by atoms with Gasteiger partial charge >= 0.3 is 0 Å². The maximum Gasteiger partial charge on any atom is 0.277 e. The Morgan fingerprint density at radius 1 is 0.818 bits per heavy atom. The highest BCUT2D eigenvalue weighted by Crippen LogP contribution is 2.35. The van der Waals surface area contributed by atoms with Crippen molar-refractivity contribution >= 4 is 46.3 Å². The van der Waals surface area contributed by atoms with Crippen LogP contribution in [0, 0.1) is 6.92 Å². The van der Waals surface area contributed by atoms with E-state index in [2.05, 4.69) is 0 Å². The van der Waals surface area contributed by atoms with Crippen molar-refractivity contribution in [2.75, 3.05) is 4.90 Å². The Labute approximate surface area is 137 Å². The molecule has 0 saturated carbocycles. The fourth-order valence-corrected chi connectivity index (χ4v) is 2.70. The van der Waals surface area contributed by atoms with Gasteiger partial charge in [-0.25, -0.2) is 4.90 Å². The summed E-state index contributed by atoms with van der Waals surface area (Å²) in [4.78, 5) is 26.0. The number of rotatable bonds is 2. The van der Waals surface area contributed by atoms with Gasteiger partial charge in [0.05, 0.1) is 11.3 Å². The van der Waals surface area contributed by atoms with Gasteiger partial charge in [-0.05, 0) is 36.8 Å². The number of imide groups is 1. The first-order chi connectivity index (χ1) is 10.5. The average Bonchev–Trinajstić information content (AvgIpc) is 2.72. The van der Waals surface area contributed by atoms with Crippen LogP contribution >= 0.6 is 23.2 Å². The topological polar surface area (TPSA) is 37.4 Å². The zero-order valence-corrected chi connectivity index (χ0v) is 13.2. The van der Waals surface area contributed by atoms with E-state index in [0.717, 1.165) is 10.5 Å². The molecule has 5 heteroatoms. The molecule has 0 unspecified atom stereocenters. The van der Waals surface area contributed by atoms with Crippen molar-refractivity contribution in [3.05, 3.63) is 69.7 Å². The van der Waals surface area contributed by atoms with Crippen molar-refractivity contribution in [3.8, 4) is 0 Å². The number of halogens is 2. The molecule has 0 saturated heterocycles. The van der Waals surface area contributed by atoms with Crippen molar-refractivity contribution in [2.24, 2.45) is 0 Å². The van der Waals surface area contributed by atoms with Gasteiger partial charge in [-0.3, -0.25) is 9.59 Å². The summed E-state index contributed by atoms with van der Waals surface area (Å²) in [7, 11) is 0. The molecule has 0 aliphatic carbocycles. The SMILES string of the molecule is Cc1ccc(C2=C(Cl)C(=O)N(c3ccc(Cl)cc3)C2=O)cc1. The normalized spacial score (nSPS) is 15.0. The van der Waals surface area contributed by atoms with Crippen LogP contribution in [0.4, 0.5) is 5.69 Å². The number of amides is 2. The first-order valence-corrected chi connectivity index (χ1v) is 7.36. The van der Waals surface area contributed by atoms with E-state index in [1.165, 1.54) is 0 Å². The Morgan fingerprint density at radius 2 is 1.41 bits per heavy atom. The minimum absolute atomic E-state index is 0.0659. The van der Waals surface area contributed by atoms with Gasteiger partial charge in [0.2, 0.25) is 0 Å². The molecule has 3 rings (SSSR count). The molecule has 0 aromatic heterocycles. The molecule has 0 N–H and O–H groups in total. The second-order valence-corrected chi connectivity index (χ2v) is 5.79. The predicted molar refractivity (Wildman–Crippen MR) is 87.9 cm³/mol. The highest BCUT2D eigenvalue weighted by Gasteiger charge is 2.39. The number of anilines is 1. The molecule has 1 heterocycles. The molecule has 2 amide bonds. The Bertz CT molecular complexity index is 792. The molecule has 0 bridgehead atoms. The van der Waals surface area contributed by atoms with Crippen LogP contribution in [-0.4, -0.2) is 11.8 Å². The third kappa shape index (κ3) is 2.43. The quantitative estimate of drug-likeness (QED) is 0.774. The molecule has 0 atom stereocenters. The van der Waals surface area contributed by atoms with E-state index in [1.54, 1.807) is 36.4 Å². The highest BCUT2D eigenvalue weighted by atomic mass is 35.5. The molecule has 1 aliphatic heterocycles. The van der Waals surface area contributed by atoms with Gasteiger partial charge in [-0.1, -0.05) is 53.0 Å². The predicted octanol–water partition coefficient (Wildman–Crippen LogP) is 4.17. The number of carbonyl (C=O) groups is 2. The molecule has 1 aliphatic rings. The largest absolute Gasteiger partial charge is 0.277 e. The summed E-state index contributed by atoms with van der Waals surface area (Å²) < 4.78 is 0. The lowest BCUT2D eigenvalue weighted by molar-refractivity contribution is -0.119. The molecule has 2 aromatic carbocycles. The summed E-state index contributed by atoms with van der Waals surface area (Å²) in [5, 5.41) is 0.462. The number of hydrogen-bond acceptors (Lipinski definition) is 2. The fraction of sp³-hybridized carbons (Fsp3) is 0.0588. The first kappa shape index (κ1) is 14.8. The molecular weight excluding hydrogens is 321 g/mol. The van der Waals surface area contributed by atoms with Gasteiger partial charge in [-0.15, -0.1) is 0 Å². The summed E-state index contributed by atoms with van der Waals surface area (Å²) in [5.41, 5.74) is 2.36. The van der Waals surface area contributed by atoms with E-state index in [1.807, 2.05) is 19.1 Å². The van der Waals surface area contributed by atoms with Crippen LogP contribution in [0.5, 0.6) is 0 Å². The van der Waals surface area contributed by atoms with Crippen LogP contribution < -0.4 is 4.90 Å². The van der Waals surface area contributed by atoms with Gasteiger partial charge < -0.3 is 0 Å². The summed E-state index contributed by atoms with van der Waals surface area (Å²) in [6, 6.07) is 13.8. The third-order valence-electron chi connectivity index (χ3n) is 3.45. The number of benzene rings is 2. The van der Waals surface area contributed by atoms with E-state index in [4.69, 9.17) is 23.2 Å². The fourth-order valence-electron chi connectivity index (χ4n) is 2.30. The van der Waals surface area contributed by atoms with E-state index >= 15 is 0 Å². The maximum absolute atomic E-state index is 12.6. The van der Waals surface area contributed by atoms with E-state index in [-0.39, 0.29) is 10.6 Å². The zero-order chi connectivity index (χ0) is 15.9. The van der Waals surface area contributed by atoms with Crippen LogP contribution in [0.3, 0.4) is 0 Å². The van der Waals surface area contributed by atoms with Crippen LogP contribution in [-0.2, 0) is 9.59 Å². The van der Waals surface area contributed by atoms with Crippen molar-refractivity contribution in [1.82, 2.24) is 0 Å². The summed E-state index contributed by atoms with van der Waals surface area (Å²) in [6.45, 7) is 1.95. The van der Waals surface area contributed by atoms with E-state index < -0.39 is 11.8 Å². The molecule has 2 aromatic rings. The lowest BCUT2D eigenvalue weighted by Gasteiger charge is -2.14. The Kier molecular flexibility index (Phi) is 3.77. The monoisotopic (exact) mass is 331 g/mol. The lowest BCUT2D eigenvalue weighted by Crippen LogP contribution is -2.31. The van der Waals surface area contributed by atoms with Gasteiger partial charge in [0.15, 0.2) is 0 Å². The van der Waals surface area contributed by atoms with Crippen molar-refractivity contribution < 1.29 is 9.59 Å². The average molecular weight is 332 g/mol. The number of aryl methyl sites for hydroxylation is 1. The number of nitrogens with zero attached hydrogens (tertiary/aromatic N) is 1. The number of carbonyl (C=O) groups excluding carboxylic acids is 2. The second-order valence-electron chi connectivity index (χ2n) is 4.98. The first-order valence-electron chi connectivity index (χ1n) is 6.60. The van der Waals surface area contributed by atoms with Gasteiger partial charge in [0, 0.05) is 5.02 Å². The minimum atomic E-state index is -0.524. The maximum atomic E-state index is 12.6. The van der Waals surface area contributed by atoms with Gasteiger partial charge in [-0.2, -0.15) is 0 Å². The smallest absolute Gasteiger partial charge is 0.268 e. The van der Waals surface area contributed by atoms with Crippen LogP contribution in [0.15, 0.2) is 53.6 Å². The Morgan fingerprint density at radius 3 is 2.00 bits per heavy atom. The van der Waals surface area contributed by atoms with Crippen LogP contribution in [0.1, 0.15) is 11.1 Å². The van der Waals surface area contributed by atoms with Crippen LogP contribution in [0.25, 0.3) is 5.57 Å². The zero-order valence-electron chi connectivity index (χ0n) is 11.6. The van der Waals surface area contributed by atoms with Gasteiger partial charge in [0.25, 0.3) is 11.8 Å². The Balaban J connectivity index is 2.03. The molecule has 22 heavy (non-hydrogen) atoms. The third-order valence-corrected chi connectivity index (χ3v) is 4.05. The number of hydrogen-bond donors (Lipinski definition) is 0. The molecule has 0 spiro atoms. The Hall–Kier alpha value is -2.10. The minimum Gasteiger partial charge on any atom is -0.268 e. The van der Waals surface area contributed by atoms with Crippen molar-refractivity contribution in [1.29, 1.82) is 0 Å². The highest BCUT2D eigenvalue weighted by molar-refractivity contribution is 6.60. The van der Waals surface area contributed by atoms with Crippen molar-refractivity contribution in [3.63, 3.8) is 0 Å². The van der Waals surface area contributed by atoms with E-state index in [0.29, 0.717) is 16.3 Å². The molecule has 0 radical (unpaired) electrons. The summed E-state index contributed by atoms with van der Waals surface area (Å²) in [6.07, 6.45) is 0. The van der Waals surface area contributed by atoms with Crippen molar-refractivity contribution in [2.45, 2.75) is 6.92 Å². The standard InChI is InChI=1S/C17H11Cl2NO2/c1-10-2-4-11(5-3-10)14-15(19)17(22)20(16(14)21)13-8-6-12(18)7-9-13/h2-9H,1H3. The summed E-state index contributed by atoms with van der Waals surface area (Å²) in [5.74, 6) is -0.953. The molecule has 0 fully saturated rings. The molecular formula is C17H11Cl2NO2.